The summed E-state index contributed by atoms with van der Waals surface area (Å²) in [7, 11) is 0. The molecule has 0 unspecified atom stereocenters. The number of nitrogens with zero attached hydrogens (tertiary/aromatic N) is 2. The molecule has 0 spiro atoms. The molecule has 2 aromatic rings. The first-order valence-corrected chi connectivity index (χ1v) is 6.81. The van der Waals surface area contributed by atoms with E-state index in [2.05, 4.69) is 31.3 Å². The van der Waals surface area contributed by atoms with E-state index in [1.165, 1.54) is 0 Å². The van der Waals surface area contributed by atoms with E-state index in [1.54, 1.807) is 6.20 Å². The van der Waals surface area contributed by atoms with Crippen molar-refractivity contribution in [3.8, 4) is 11.3 Å². The van der Waals surface area contributed by atoms with Crippen molar-refractivity contribution in [3.63, 3.8) is 0 Å². The molecule has 0 bridgehead atoms. The third kappa shape index (κ3) is 2.15. The third-order valence-electron chi connectivity index (χ3n) is 3.13. The second-order valence-corrected chi connectivity index (χ2v) is 5.11. The highest BCUT2D eigenvalue weighted by Crippen LogP contribution is 2.35. The van der Waals surface area contributed by atoms with Gasteiger partial charge in [-0.25, -0.2) is 0 Å². The van der Waals surface area contributed by atoms with Crippen LogP contribution in [-0.2, 0) is 0 Å². The predicted molar refractivity (Wildman–Crippen MR) is 74.7 cm³/mol. The number of benzene rings is 1. The van der Waals surface area contributed by atoms with Gasteiger partial charge in [0.1, 0.15) is 5.69 Å². The maximum absolute atomic E-state index is 5.44. The average Bonchev–Trinajstić information content (AvgIpc) is 2.89. The number of piperazine rings is 1. The highest BCUT2D eigenvalue weighted by molar-refractivity contribution is 9.10. The van der Waals surface area contributed by atoms with Crippen molar-refractivity contribution in [1.82, 2.24) is 10.5 Å². The van der Waals surface area contributed by atoms with Crippen LogP contribution in [0.15, 0.2) is 39.5 Å². The van der Waals surface area contributed by atoms with Crippen molar-refractivity contribution in [2.45, 2.75) is 0 Å². The molecule has 4 nitrogen and oxygen atoms in total. The Balaban J connectivity index is 1.98. The van der Waals surface area contributed by atoms with Crippen molar-refractivity contribution in [1.29, 1.82) is 0 Å². The number of aromatic nitrogens is 1. The van der Waals surface area contributed by atoms with E-state index in [1.807, 2.05) is 24.3 Å². The van der Waals surface area contributed by atoms with E-state index in [-0.39, 0.29) is 0 Å². The molecule has 0 saturated carbocycles. The highest BCUT2D eigenvalue weighted by atomic mass is 79.9. The van der Waals surface area contributed by atoms with Crippen molar-refractivity contribution >= 4 is 21.6 Å². The van der Waals surface area contributed by atoms with Crippen LogP contribution in [-0.4, -0.2) is 31.3 Å². The summed E-state index contributed by atoms with van der Waals surface area (Å²) < 4.78 is 6.47. The van der Waals surface area contributed by atoms with Gasteiger partial charge in [0, 0.05) is 36.2 Å². The second kappa shape index (κ2) is 5.12. The molecule has 1 aromatic carbocycles. The Morgan fingerprint density at radius 3 is 2.78 bits per heavy atom. The fourth-order valence-electron chi connectivity index (χ4n) is 2.20. The van der Waals surface area contributed by atoms with Gasteiger partial charge >= 0.3 is 0 Å². The van der Waals surface area contributed by atoms with Crippen molar-refractivity contribution in [3.05, 3.63) is 34.9 Å². The standard InChI is InChI=1S/C13H14BrN3O/c14-11-4-2-1-3-10(11)13-12(9-16-18-13)17-7-5-15-6-8-17/h1-4,9,15H,5-8H2. The first kappa shape index (κ1) is 11.7. The van der Waals surface area contributed by atoms with Gasteiger partial charge in [-0.1, -0.05) is 33.2 Å². The summed E-state index contributed by atoms with van der Waals surface area (Å²) in [6.07, 6.45) is 1.81. The minimum Gasteiger partial charge on any atom is -0.365 e. The molecular weight excluding hydrogens is 294 g/mol. The van der Waals surface area contributed by atoms with E-state index in [4.69, 9.17) is 4.52 Å². The van der Waals surface area contributed by atoms with Gasteiger partial charge in [0.2, 0.25) is 0 Å². The van der Waals surface area contributed by atoms with Gasteiger partial charge in [-0.05, 0) is 12.1 Å². The molecule has 1 N–H and O–H groups in total. The van der Waals surface area contributed by atoms with Crippen LogP contribution in [0.5, 0.6) is 0 Å². The summed E-state index contributed by atoms with van der Waals surface area (Å²) in [6.45, 7) is 3.97. The molecule has 1 aromatic heterocycles. The number of halogens is 1. The molecule has 1 fully saturated rings. The molecule has 0 amide bonds. The molecule has 5 heteroatoms. The summed E-state index contributed by atoms with van der Waals surface area (Å²) in [5.41, 5.74) is 2.12. The Morgan fingerprint density at radius 1 is 1.22 bits per heavy atom. The van der Waals surface area contributed by atoms with Crippen molar-refractivity contribution in [2.24, 2.45) is 0 Å². The van der Waals surface area contributed by atoms with Crippen molar-refractivity contribution < 1.29 is 4.52 Å². The van der Waals surface area contributed by atoms with Crippen LogP contribution in [0.2, 0.25) is 0 Å². The molecule has 0 aliphatic carbocycles. The minimum absolute atomic E-state index is 0.837. The van der Waals surface area contributed by atoms with E-state index in [0.29, 0.717) is 0 Å². The van der Waals surface area contributed by atoms with E-state index in [9.17, 15) is 0 Å². The lowest BCUT2D eigenvalue weighted by Gasteiger charge is -2.28. The number of hydrogen-bond acceptors (Lipinski definition) is 4. The molecular formula is C13H14BrN3O. The monoisotopic (exact) mass is 307 g/mol. The van der Waals surface area contributed by atoms with Crippen LogP contribution in [0.3, 0.4) is 0 Å². The lowest BCUT2D eigenvalue weighted by atomic mass is 10.1. The smallest absolute Gasteiger partial charge is 0.191 e. The number of hydrogen-bond donors (Lipinski definition) is 1. The van der Waals surface area contributed by atoms with Crippen LogP contribution in [0.4, 0.5) is 5.69 Å². The molecule has 0 atom stereocenters. The van der Waals surface area contributed by atoms with Gasteiger partial charge < -0.3 is 14.7 Å². The fourth-order valence-corrected chi connectivity index (χ4v) is 2.66. The summed E-state index contributed by atoms with van der Waals surface area (Å²) in [4.78, 5) is 2.31. The van der Waals surface area contributed by atoms with Gasteiger partial charge in [0.25, 0.3) is 0 Å². The Labute approximate surface area is 114 Å². The molecule has 1 aliphatic heterocycles. The van der Waals surface area contributed by atoms with E-state index < -0.39 is 0 Å². The maximum Gasteiger partial charge on any atom is 0.191 e. The molecule has 2 heterocycles. The molecule has 1 aliphatic rings. The van der Waals surface area contributed by atoms with Crippen molar-refractivity contribution in [2.75, 3.05) is 31.1 Å². The SMILES string of the molecule is Brc1ccccc1-c1oncc1N1CCNCC1. The first-order chi connectivity index (χ1) is 8.86. The largest absolute Gasteiger partial charge is 0.365 e. The molecule has 94 valence electrons. The quantitative estimate of drug-likeness (QED) is 0.925. The molecule has 0 radical (unpaired) electrons. The van der Waals surface area contributed by atoms with Gasteiger partial charge in [-0.15, -0.1) is 0 Å². The number of rotatable bonds is 2. The normalized spacial score (nSPS) is 15.9. The number of nitrogens with one attached hydrogen (secondary N) is 1. The number of anilines is 1. The summed E-state index contributed by atoms with van der Waals surface area (Å²) in [5.74, 6) is 0.837. The average molecular weight is 308 g/mol. The Morgan fingerprint density at radius 2 is 2.00 bits per heavy atom. The lowest BCUT2D eigenvalue weighted by Crippen LogP contribution is -2.43. The zero-order valence-corrected chi connectivity index (χ0v) is 11.5. The maximum atomic E-state index is 5.44. The van der Waals surface area contributed by atoms with Gasteiger partial charge in [-0.2, -0.15) is 0 Å². The second-order valence-electron chi connectivity index (χ2n) is 4.26. The minimum atomic E-state index is 0.837. The van der Waals surface area contributed by atoms with Crippen LogP contribution < -0.4 is 10.2 Å². The van der Waals surface area contributed by atoms with Gasteiger partial charge in [-0.3, -0.25) is 0 Å². The predicted octanol–water partition coefficient (Wildman–Crippen LogP) is 2.51. The summed E-state index contributed by atoms with van der Waals surface area (Å²) in [5, 5.41) is 7.30. The molecule has 1 saturated heterocycles. The van der Waals surface area contributed by atoms with E-state index >= 15 is 0 Å². The molecule has 18 heavy (non-hydrogen) atoms. The Kier molecular flexibility index (Phi) is 3.34. The van der Waals surface area contributed by atoms with Crippen LogP contribution >= 0.6 is 15.9 Å². The molecule has 3 rings (SSSR count). The van der Waals surface area contributed by atoms with Gasteiger partial charge in [0.15, 0.2) is 5.76 Å². The zero-order valence-electron chi connectivity index (χ0n) is 9.90. The van der Waals surface area contributed by atoms with Crippen LogP contribution in [0.1, 0.15) is 0 Å². The summed E-state index contributed by atoms with van der Waals surface area (Å²) in [6, 6.07) is 8.05. The Bertz CT molecular complexity index is 535. The zero-order chi connectivity index (χ0) is 12.4. The van der Waals surface area contributed by atoms with E-state index in [0.717, 1.165) is 47.7 Å². The summed E-state index contributed by atoms with van der Waals surface area (Å²) >= 11 is 3.56. The van der Waals surface area contributed by atoms with Gasteiger partial charge in [0.05, 0.1) is 6.20 Å². The topological polar surface area (TPSA) is 41.3 Å². The van der Waals surface area contributed by atoms with Crippen LogP contribution in [0, 0.1) is 0 Å². The lowest BCUT2D eigenvalue weighted by molar-refractivity contribution is 0.432. The third-order valence-corrected chi connectivity index (χ3v) is 3.82. The highest BCUT2D eigenvalue weighted by Gasteiger charge is 2.20. The fraction of sp³-hybridized carbons (Fsp3) is 0.308. The Hall–Kier alpha value is -1.33. The first-order valence-electron chi connectivity index (χ1n) is 6.01. The van der Waals surface area contributed by atoms with Crippen LogP contribution in [0.25, 0.3) is 11.3 Å².